The van der Waals surface area contributed by atoms with Crippen LogP contribution in [0.3, 0.4) is 0 Å². The first kappa shape index (κ1) is 12.8. The van der Waals surface area contributed by atoms with Crippen LogP contribution in [0.1, 0.15) is 67.2 Å². The molecule has 1 rings (SSSR count). The molecule has 0 aromatic heterocycles. The molecule has 0 unspecified atom stereocenters. The van der Waals surface area contributed by atoms with Gasteiger partial charge < -0.3 is 0 Å². The van der Waals surface area contributed by atoms with Crippen LogP contribution in [-0.4, -0.2) is 0 Å². The Kier molecular flexibility index (Phi) is 3.38. The third-order valence-electron chi connectivity index (χ3n) is 4.51. The molecule has 0 N–H and O–H groups in total. The van der Waals surface area contributed by atoms with Crippen molar-refractivity contribution >= 4 is 0 Å². The van der Waals surface area contributed by atoms with Crippen molar-refractivity contribution in [2.75, 3.05) is 0 Å². The van der Waals surface area contributed by atoms with E-state index < -0.39 is 0 Å². The molecule has 0 bridgehead atoms. The fourth-order valence-electron chi connectivity index (χ4n) is 3.65. The van der Waals surface area contributed by atoms with Crippen LogP contribution in [0.5, 0.6) is 0 Å². The molecule has 0 saturated heterocycles. The van der Waals surface area contributed by atoms with Gasteiger partial charge in [0.15, 0.2) is 0 Å². The predicted molar refractivity (Wildman–Crippen MR) is 69.0 cm³/mol. The fourth-order valence-corrected chi connectivity index (χ4v) is 3.65. The maximum atomic E-state index is 2.42. The Hall–Kier alpha value is -0.260. The average molecular weight is 208 g/mol. The third-order valence-corrected chi connectivity index (χ3v) is 4.51. The molecule has 0 radical (unpaired) electrons. The van der Waals surface area contributed by atoms with E-state index in [1.807, 2.05) is 0 Å². The molecule has 88 valence electrons. The zero-order valence-corrected chi connectivity index (χ0v) is 11.5. The number of allylic oxidation sites excluding steroid dienone is 2. The molecule has 0 heteroatoms. The molecule has 0 aliphatic heterocycles. The molecule has 0 saturated carbocycles. The van der Waals surface area contributed by atoms with Crippen LogP contribution >= 0.6 is 0 Å². The van der Waals surface area contributed by atoms with E-state index in [0.717, 1.165) is 0 Å². The van der Waals surface area contributed by atoms with Gasteiger partial charge in [-0.2, -0.15) is 0 Å². The van der Waals surface area contributed by atoms with Crippen molar-refractivity contribution in [3.63, 3.8) is 0 Å². The van der Waals surface area contributed by atoms with Gasteiger partial charge >= 0.3 is 0 Å². The van der Waals surface area contributed by atoms with E-state index in [2.05, 4.69) is 53.7 Å². The van der Waals surface area contributed by atoms with Crippen LogP contribution in [0, 0.1) is 16.2 Å². The Labute approximate surface area is 96.2 Å². The minimum absolute atomic E-state index is 0.400. The van der Waals surface area contributed by atoms with E-state index in [1.54, 1.807) is 0 Å². The Morgan fingerprint density at radius 3 is 1.33 bits per heavy atom. The minimum Gasteiger partial charge on any atom is -0.0885 e. The standard InChI is InChI=1S/C15H28/c1-13(2,3)15(14(4,5)6)11-9-7-8-10-12-15/h7-8H,9-12H2,1-6H3. The highest BCUT2D eigenvalue weighted by atomic mass is 14.5. The van der Waals surface area contributed by atoms with Gasteiger partial charge in [0.1, 0.15) is 0 Å². The highest BCUT2D eigenvalue weighted by Crippen LogP contribution is 2.58. The van der Waals surface area contributed by atoms with E-state index in [9.17, 15) is 0 Å². The van der Waals surface area contributed by atoms with Crippen molar-refractivity contribution in [2.45, 2.75) is 67.2 Å². The maximum absolute atomic E-state index is 2.42. The van der Waals surface area contributed by atoms with Crippen LogP contribution in [0.25, 0.3) is 0 Å². The van der Waals surface area contributed by atoms with E-state index in [0.29, 0.717) is 16.2 Å². The lowest BCUT2D eigenvalue weighted by atomic mass is 9.51. The number of hydrogen-bond donors (Lipinski definition) is 0. The molecule has 1 aliphatic carbocycles. The predicted octanol–water partition coefficient (Wildman–Crippen LogP) is 5.20. The Morgan fingerprint density at radius 1 is 0.733 bits per heavy atom. The van der Waals surface area contributed by atoms with Gasteiger partial charge in [-0.15, -0.1) is 0 Å². The normalized spacial score (nSPS) is 22.5. The van der Waals surface area contributed by atoms with Gasteiger partial charge in [0.25, 0.3) is 0 Å². The molecular weight excluding hydrogens is 180 g/mol. The maximum Gasteiger partial charge on any atom is -0.0194 e. The van der Waals surface area contributed by atoms with Gasteiger partial charge in [0, 0.05) is 0 Å². The van der Waals surface area contributed by atoms with Gasteiger partial charge in [-0.25, -0.2) is 0 Å². The van der Waals surface area contributed by atoms with Crippen molar-refractivity contribution in [1.29, 1.82) is 0 Å². The molecule has 0 atom stereocenters. The fraction of sp³-hybridized carbons (Fsp3) is 0.867. The largest absolute Gasteiger partial charge is 0.0885 e. The van der Waals surface area contributed by atoms with Gasteiger partial charge in [-0.3, -0.25) is 0 Å². The lowest BCUT2D eigenvalue weighted by molar-refractivity contribution is -0.0449. The topological polar surface area (TPSA) is 0 Å². The van der Waals surface area contributed by atoms with Crippen LogP contribution < -0.4 is 0 Å². The summed E-state index contributed by atoms with van der Waals surface area (Å²) in [6, 6.07) is 0. The SMILES string of the molecule is CC(C)(C)C1(C(C)(C)C)CCC=CCC1. The molecule has 0 aromatic carbocycles. The lowest BCUT2D eigenvalue weighted by Crippen LogP contribution is -2.46. The second-order valence-electron chi connectivity index (χ2n) is 7.13. The molecule has 0 fully saturated rings. The monoisotopic (exact) mass is 208 g/mol. The van der Waals surface area contributed by atoms with Crippen molar-refractivity contribution in [3.05, 3.63) is 12.2 Å². The lowest BCUT2D eigenvalue weighted by Gasteiger charge is -2.54. The Balaban J connectivity index is 3.07. The average Bonchev–Trinajstić information content (AvgIpc) is 2.25. The van der Waals surface area contributed by atoms with E-state index in [4.69, 9.17) is 0 Å². The molecule has 0 amide bonds. The van der Waals surface area contributed by atoms with Crippen molar-refractivity contribution in [3.8, 4) is 0 Å². The highest BCUT2D eigenvalue weighted by Gasteiger charge is 2.49. The number of rotatable bonds is 0. The van der Waals surface area contributed by atoms with Gasteiger partial charge in [0.2, 0.25) is 0 Å². The van der Waals surface area contributed by atoms with E-state index in [-0.39, 0.29) is 0 Å². The zero-order valence-electron chi connectivity index (χ0n) is 11.5. The van der Waals surface area contributed by atoms with Crippen molar-refractivity contribution in [2.24, 2.45) is 16.2 Å². The van der Waals surface area contributed by atoms with Gasteiger partial charge in [-0.05, 0) is 41.9 Å². The van der Waals surface area contributed by atoms with Crippen molar-refractivity contribution in [1.82, 2.24) is 0 Å². The van der Waals surface area contributed by atoms with Gasteiger partial charge in [0.05, 0.1) is 0 Å². The Morgan fingerprint density at radius 2 is 1.07 bits per heavy atom. The first-order chi connectivity index (χ1) is 6.71. The second-order valence-corrected chi connectivity index (χ2v) is 7.13. The third kappa shape index (κ3) is 2.29. The van der Waals surface area contributed by atoms with Crippen LogP contribution in [-0.2, 0) is 0 Å². The summed E-state index contributed by atoms with van der Waals surface area (Å²) in [5, 5.41) is 0. The zero-order chi connectivity index (χ0) is 11.7. The molecule has 1 aliphatic rings. The summed E-state index contributed by atoms with van der Waals surface area (Å²) >= 11 is 0. The minimum atomic E-state index is 0.400. The van der Waals surface area contributed by atoms with Gasteiger partial charge in [-0.1, -0.05) is 53.7 Å². The molecule has 15 heavy (non-hydrogen) atoms. The summed E-state index contributed by atoms with van der Waals surface area (Å²) in [5.74, 6) is 0. The molecular formula is C15H28. The smallest absolute Gasteiger partial charge is 0.0194 e. The summed E-state index contributed by atoms with van der Waals surface area (Å²) in [4.78, 5) is 0. The highest BCUT2D eigenvalue weighted by molar-refractivity contribution is 5.03. The molecule has 0 spiro atoms. The summed E-state index contributed by atoms with van der Waals surface area (Å²) in [6.45, 7) is 14.5. The second kappa shape index (κ2) is 3.96. The van der Waals surface area contributed by atoms with Crippen LogP contribution in [0.4, 0.5) is 0 Å². The quantitative estimate of drug-likeness (QED) is 0.480. The molecule has 0 aromatic rings. The Bertz CT molecular complexity index is 206. The first-order valence-electron chi connectivity index (χ1n) is 6.36. The summed E-state index contributed by atoms with van der Waals surface area (Å²) in [6.07, 6.45) is 9.95. The van der Waals surface area contributed by atoms with E-state index in [1.165, 1.54) is 25.7 Å². The summed E-state index contributed by atoms with van der Waals surface area (Å²) in [5.41, 5.74) is 1.28. The van der Waals surface area contributed by atoms with Crippen LogP contribution in [0.15, 0.2) is 12.2 Å². The van der Waals surface area contributed by atoms with E-state index >= 15 is 0 Å². The summed E-state index contributed by atoms with van der Waals surface area (Å²) in [7, 11) is 0. The van der Waals surface area contributed by atoms with Crippen LogP contribution in [0.2, 0.25) is 0 Å². The van der Waals surface area contributed by atoms with Crippen molar-refractivity contribution < 1.29 is 0 Å². The molecule has 0 heterocycles. The first-order valence-corrected chi connectivity index (χ1v) is 6.36. The molecule has 0 nitrogen and oxygen atoms in total. The number of hydrogen-bond acceptors (Lipinski definition) is 0. The summed E-state index contributed by atoms with van der Waals surface area (Å²) < 4.78 is 0.